The van der Waals surface area contributed by atoms with Crippen molar-refractivity contribution in [2.24, 2.45) is 0 Å². The van der Waals surface area contributed by atoms with Crippen molar-refractivity contribution in [3.63, 3.8) is 0 Å². The summed E-state index contributed by atoms with van der Waals surface area (Å²) in [5.74, 6) is -5.21. The van der Waals surface area contributed by atoms with Crippen molar-refractivity contribution in [1.29, 1.82) is 0 Å². The topological polar surface area (TPSA) is 321 Å². The Morgan fingerprint density at radius 1 is 0.486 bits per heavy atom. The van der Waals surface area contributed by atoms with Crippen LogP contribution in [0, 0.1) is 0 Å². The van der Waals surface area contributed by atoms with Gasteiger partial charge in [-0.1, -0.05) is 174 Å². The van der Waals surface area contributed by atoms with Gasteiger partial charge in [0, 0.05) is 6.42 Å². The molecule has 0 aromatic heterocycles. The minimum atomic E-state index is -3.22. The predicted molar refractivity (Wildman–Crippen MR) is 261 cm³/mol. The Labute approximate surface area is 427 Å². The predicted octanol–water partition coefficient (Wildman–Crippen LogP) is 3.56. The summed E-state index contributed by atoms with van der Waals surface area (Å²) in [6.45, 7) is 1.53. The Morgan fingerprint density at radius 2 is 0.917 bits per heavy atom. The monoisotopic (exact) mass is 1040 g/mol. The van der Waals surface area contributed by atoms with Gasteiger partial charge < -0.3 is 89.3 Å². The van der Waals surface area contributed by atoms with Crippen molar-refractivity contribution >= 4 is 11.9 Å². The highest BCUT2D eigenvalue weighted by molar-refractivity contribution is 5.79. The Hall–Kier alpha value is -1.70. The number of aliphatic hydroxyl groups is 11. The van der Waals surface area contributed by atoms with E-state index in [-0.39, 0.29) is 12.8 Å². The lowest BCUT2D eigenvalue weighted by molar-refractivity contribution is -0.474. The molecule has 0 amide bonds. The Balaban J connectivity index is 1.72. The molecule has 3 fully saturated rings. The first kappa shape index (κ1) is 64.6. The highest BCUT2D eigenvalue weighted by Gasteiger charge is 2.62. The third-order valence-corrected chi connectivity index (χ3v) is 14.2. The van der Waals surface area contributed by atoms with E-state index < -0.39 is 130 Å². The van der Waals surface area contributed by atoms with Crippen LogP contribution in [-0.4, -0.2) is 186 Å². The van der Waals surface area contributed by atoms with Gasteiger partial charge >= 0.3 is 17.9 Å². The molecule has 3 rings (SSSR count). The van der Waals surface area contributed by atoms with Crippen molar-refractivity contribution in [3.05, 3.63) is 0 Å². The van der Waals surface area contributed by atoms with E-state index in [1.54, 1.807) is 0 Å². The molecule has 0 bridgehead atoms. The second-order valence-corrected chi connectivity index (χ2v) is 20.3. The van der Waals surface area contributed by atoms with Crippen molar-refractivity contribution in [2.45, 2.75) is 298 Å². The summed E-state index contributed by atoms with van der Waals surface area (Å²) in [7, 11) is 0. The molecule has 0 aromatic rings. The molecule has 20 nitrogen and oxygen atoms in total. The average molecular weight is 1040 g/mol. The molecule has 424 valence electrons. The summed E-state index contributed by atoms with van der Waals surface area (Å²) < 4.78 is 39.5. The fourth-order valence-corrected chi connectivity index (χ4v) is 9.67. The minimum absolute atomic E-state index is 0.00601. The van der Waals surface area contributed by atoms with Gasteiger partial charge in [0.05, 0.1) is 19.8 Å². The minimum Gasteiger partial charge on any atom is -0.450 e. The standard InChI is InChI=1S/C52H96O20/c1-3-5-7-9-11-13-15-17-19-20-22-24-26-28-30-35(66-39(56)31-29-27-25-23-21-18-16-14-12-10-8-6-4-2)49(64)72-52(48(63)43(60)40(57)36(32-53)70-52)71-47-38(34-55)68-51(45(62)42(47)59)69-46-37(33-54)67-50(65)44(61)41(46)58/h35-38,40-48,50-51,53-55,57-63,65H,3-34H2,1-2H3/t35?,36-,37-,38-,40-,41-,42-,43+,44-,45-,46-,47-,48-,50+,51?,52?/m1/s1. The second kappa shape index (κ2) is 36.4. The Kier molecular flexibility index (Phi) is 32.6. The zero-order valence-electron chi connectivity index (χ0n) is 43.4. The Bertz CT molecular complexity index is 1410. The number of carbonyl (C=O) groups is 2. The molecule has 3 heterocycles. The summed E-state index contributed by atoms with van der Waals surface area (Å²) in [4.78, 5) is 27.7. The summed E-state index contributed by atoms with van der Waals surface area (Å²) in [6.07, 6.45) is 0.477. The number of esters is 2. The van der Waals surface area contributed by atoms with Crippen molar-refractivity contribution in [3.8, 4) is 0 Å². The highest BCUT2D eigenvalue weighted by Crippen LogP contribution is 2.38. The molecule has 0 radical (unpaired) electrons. The van der Waals surface area contributed by atoms with Crippen molar-refractivity contribution in [2.75, 3.05) is 19.8 Å². The number of ether oxygens (including phenoxy) is 7. The molecular formula is C52H96O20. The molecule has 0 aromatic carbocycles. The van der Waals surface area contributed by atoms with Crippen LogP contribution < -0.4 is 0 Å². The average Bonchev–Trinajstić information content (AvgIpc) is 3.37. The lowest BCUT2D eigenvalue weighted by Gasteiger charge is -2.51. The van der Waals surface area contributed by atoms with Gasteiger partial charge in [0.2, 0.25) is 0 Å². The van der Waals surface area contributed by atoms with Crippen LogP contribution in [0.15, 0.2) is 0 Å². The maximum absolute atomic E-state index is 14.3. The molecule has 3 aliphatic heterocycles. The molecular weight excluding hydrogens is 945 g/mol. The number of hydrogen-bond donors (Lipinski definition) is 11. The molecule has 20 heteroatoms. The molecule has 72 heavy (non-hydrogen) atoms. The number of carbonyl (C=O) groups excluding carboxylic acids is 2. The van der Waals surface area contributed by atoms with Crippen LogP contribution in [0.3, 0.4) is 0 Å². The van der Waals surface area contributed by atoms with Crippen LogP contribution in [0.2, 0.25) is 0 Å². The van der Waals surface area contributed by atoms with E-state index in [1.807, 2.05) is 0 Å². The first-order chi connectivity index (χ1) is 34.7. The highest BCUT2D eigenvalue weighted by atomic mass is 16.9. The zero-order valence-corrected chi connectivity index (χ0v) is 43.4. The lowest BCUT2D eigenvalue weighted by Crippen LogP contribution is -2.71. The SMILES string of the molecule is CCCCCCCCCCCCCCCCC(OC(=O)CCCCCCCCCCCCCCC)C(=O)OC1(O[C@H]2[C@H](O)[C@@H](O)C(O[C@H]3[C@H](O)[C@@H](O)[C@@H](O)O[C@@H]3CO)O[C@@H]2CO)O[C@H](CO)[C@@H](O)[C@H](O)[C@H]1O. The molecule has 3 aliphatic rings. The second-order valence-electron chi connectivity index (χ2n) is 20.3. The van der Waals surface area contributed by atoms with Gasteiger partial charge in [0.1, 0.15) is 67.1 Å². The zero-order chi connectivity index (χ0) is 52.9. The molecule has 3 unspecified atom stereocenters. The van der Waals surface area contributed by atoms with Gasteiger partial charge in [-0.3, -0.25) is 4.79 Å². The maximum Gasteiger partial charge on any atom is 0.360 e. The van der Waals surface area contributed by atoms with E-state index in [0.29, 0.717) is 19.3 Å². The van der Waals surface area contributed by atoms with Gasteiger partial charge in [0.15, 0.2) is 24.8 Å². The van der Waals surface area contributed by atoms with Crippen LogP contribution in [0.4, 0.5) is 0 Å². The summed E-state index contributed by atoms with van der Waals surface area (Å²) >= 11 is 0. The fourth-order valence-electron chi connectivity index (χ4n) is 9.67. The molecule has 0 spiro atoms. The smallest absolute Gasteiger partial charge is 0.360 e. The number of rotatable bonds is 39. The van der Waals surface area contributed by atoms with Gasteiger partial charge in [-0.2, -0.15) is 0 Å². The molecule has 3 saturated heterocycles. The lowest BCUT2D eigenvalue weighted by atomic mass is 9.95. The van der Waals surface area contributed by atoms with Crippen molar-refractivity contribution in [1.82, 2.24) is 0 Å². The number of unbranched alkanes of at least 4 members (excludes halogenated alkanes) is 25. The van der Waals surface area contributed by atoms with Crippen LogP contribution >= 0.6 is 0 Å². The maximum atomic E-state index is 14.3. The summed E-state index contributed by atoms with van der Waals surface area (Å²) in [6, 6.07) is 0. The van der Waals surface area contributed by atoms with E-state index in [4.69, 9.17) is 33.2 Å². The van der Waals surface area contributed by atoms with E-state index in [0.717, 1.165) is 51.4 Å². The van der Waals surface area contributed by atoms with Gasteiger partial charge in [0.25, 0.3) is 0 Å². The van der Waals surface area contributed by atoms with Gasteiger partial charge in [-0.25, -0.2) is 4.79 Å². The number of aliphatic hydroxyl groups excluding tert-OH is 11. The van der Waals surface area contributed by atoms with Crippen LogP contribution in [0.5, 0.6) is 0 Å². The largest absolute Gasteiger partial charge is 0.450 e. The van der Waals surface area contributed by atoms with Gasteiger partial charge in [-0.15, -0.1) is 0 Å². The van der Waals surface area contributed by atoms with E-state index in [1.165, 1.54) is 103 Å². The first-order valence-electron chi connectivity index (χ1n) is 27.7. The normalized spacial score (nSPS) is 32.4. The van der Waals surface area contributed by atoms with Crippen LogP contribution in [0.1, 0.15) is 200 Å². The van der Waals surface area contributed by atoms with Crippen LogP contribution in [-0.2, 0) is 42.7 Å². The molecule has 16 atom stereocenters. The van der Waals surface area contributed by atoms with Gasteiger partial charge in [-0.05, 0) is 19.3 Å². The molecule has 0 saturated carbocycles. The van der Waals surface area contributed by atoms with Crippen LogP contribution in [0.25, 0.3) is 0 Å². The Morgan fingerprint density at radius 3 is 1.39 bits per heavy atom. The molecule has 11 N–H and O–H groups in total. The third-order valence-electron chi connectivity index (χ3n) is 14.2. The summed E-state index contributed by atoms with van der Waals surface area (Å²) in [5.41, 5.74) is 0. The fraction of sp³-hybridized carbons (Fsp3) is 0.962. The quantitative estimate of drug-likeness (QED) is 0.0238. The number of hydrogen-bond acceptors (Lipinski definition) is 20. The van der Waals surface area contributed by atoms with E-state index in [2.05, 4.69) is 13.8 Å². The van der Waals surface area contributed by atoms with E-state index >= 15 is 0 Å². The third kappa shape index (κ3) is 21.4. The van der Waals surface area contributed by atoms with E-state index in [9.17, 15) is 65.8 Å². The summed E-state index contributed by atoms with van der Waals surface area (Å²) in [5, 5.41) is 117. The van der Waals surface area contributed by atoms with Crippen molar-refractivity contribution < 1.29 is 98.9 Å². The first-order valence-corrected chi connectivity index (χ1v) is 27.7. The molecule has 0 aliphatic carbocycles.